The molecule has 0 bridgehead atoms. The Morgan fingerprint density at radius 1 is 0.907 bits per heavy atom. The molecular weight excluding hydrogens is 556 g/mol. The van der Waals surface area contributed by atoms with Crippen LogP contribution in [0.4, 0.5) is 0 Å². The smallest absolute Gasteiger partial charge is 0.161 e. The molecule has 0 amide bonds. The van der Waals surface area contributed by atoms with Crippen molar-refractivity contribution >= 4 is 21.4 Å². The Morgan fingerprint density at radius 3 is 2.47 bits per heavy atom. The molecule has 2 unspecified atom stereocenters. The van der Waals surface area contributed by atoms with Gasteiger partial charge in [-0.25, -0.2) is 0 Å². The largest absolute Gasteiger partial charge is 0.508 e. The van der Waals surface area contributed by atoms with Crippen LogP contribution >= 0.6 is 11.3 Å². The van der Waals surface area contributed by atoms with E-state index in [-0.39, 0.29) is 11.9 Å². The van der Waals surface area contributed by atoms with Crippen LogP contribution < -0.4 is 14.2 Å². The maximum absolute atomic E-state index is 10.2. The van der Waals surface area contributed by atoms with Gasteiger partial charge in [0.2, 0.25) is 0 Å². The fraction of sp³-hybridized carbons (Fsp3) is 0.444. The van der Waals surface area contributed by atoms with Crippen LogP contribution in [0.25, 0.3) is 20.5 Å². The summed E-state index contributed by atoms with van der Waals surface area (Å²) in [7, 11) is 6.01. The normalized spacial score (nSPS) is 19.3. The average molecular weight is 601 g/mol. The first kappa shape index (κ1) is 29.8. The van der Waals surface area contributed by atoms with E-state index in [4.69, 9.17) is 14.2 Å². The van der Waals surface area contributed by atoms with Crippen LogP contribution in [-0.2, 0) is 6.42 Å². The Hall–Kier alpha value is -3.26. The second kappa shape index (κ2) is 13.6. The fourth-order valence-corrected chi connectivity index (χ4v) is 7.90. The van der Waals surface area contributed by atoms with Crippen LogP contribution in [0.2, 0.25) is 0 Å². The van der Waals surface area contributed by atoms with Crippen molar-refractivity contribution in [3.05, 3.63) is 71.8 Å². The number of thiophene rings is 1. The van der Waals surface area contributed by atoms with Crippen molar-refractivity contribution in [1.82, 2.24) is 9.80 Å². The number of phenols is 1. The zero-order chi connectivity index (χ0) is 29.8. The van der Waals surface area contributed by atoms with Gasteiger partial charge in [-0.15, -0.1) is 11.3 Å². The number of hydrogen-bond donors (Lipinski definition) is 1. The Balaban J connectivity index is 1.23. The lowest BCUT2D eigenvalue weighted by molar-refractivity contribution is 0.0601. The van der Waals surface area contributed by atoms with Crippen LogP contribution in [0.15, 0.2) is 60.7 Å². The van der Waals surface area contributed by atoms with E-state index in [1.54, 1.807) is 24.5 Å². The summed E-state index contributed by atoms with van der Waals surface area (Å²) in [5.41, 5.74) is 3.56. The van der Waals surface area contributed by atoms with Gasteiger partial charge in [-0.1, -0.05) is 12.5 Å². The van der Waals surface area contributed by atoms with Gasteiger partial charge in [0.25, 0.3) is 0 Å². The van der Waals surface area contributed by atoms with Crippen LogP contribution in [0.5, 0.6) is 23.0 Å². The molecular formula is C36H44N2O4S. The highest BCUT2D eigenvalue weighted by Gasteiger charge is 2.29. The van der Waals surface area contributed by atoms with E-state index < -0.39 is 0 Å². The number of nitrogens with zero attached hydrogens (tertiary/aromatic N) is 2. The second-order valence-corrected chi connectivity index (χ2v) is 13.2. The van der Waals surface area contributed by atoms with Crippen molar-refractivity contribution in [2.24, 2.45) is 0 Å². The van der Waals surface area contributed by atoms with E-state index in [0.717, 1.165) is 58.9 Å². The quantitative estimate of drug-likeness (QED) is 0.191. The third-order valence-corrected chi connectivity index (χ3v) is 10.2. The molecule has 4 aromatic rings. The third-order valence-electron chi connectivity index (χ3n) is 8.99. The highest BCUT2D eigenvalue weighted by atomic mass is 32.1. The number of benzene rings is 3. The van der Waals surface area contributed by atoms with E-state index in [0.29, 0.717) is 12.6 Å². The molecule has 1 aliphatic carbocycles. The van der Waals surface area contributed by atoms with Crippen molar-refractivity contribution in [1.29, 1.82) is 0 Å². The number of methoxy groups -OCH3 is 1. The summed E-state index contributed by atoms with van der Waals surface area (Å²) in [6, 6.07) is 20.9. The molecule has 2 atom stereocenters. The van der Waals surface area contributed by atoms with Crippen molar-refractivity contribution in [2.75, 3.05) is 47.4 Å². The Bertz CT molecular complexity index is 1510. The van der Waals surface area contributed by atoms with Gasteiger partial charge >= 0.3 is 0 Å². The average Bonchev–Trinajstić information content (AvgIpc) is 3.66. The highest BCUT2D eigenvalue weighted by molar-refractivity contribution is 7.22. The predicted molar refractivity (Wildman–Crippen MR) is 176 cm³/mol. The van der Waals surface area contributed by atoms with E-state index in [1.807, 2.05) is 12.1 Å². The summed E-state index contributed by atoms with van der Waals surface area (Å²) < 4.78 is 19.6. The number of likely N-dealkylation sites (tertiary alicyclic amines) is 1. The van der Waals surface area contributed by atoms with E-state index in [2.05, 4.69) is 66.4 Å². The maximum Gasteiger partial charge on any atom is 0.161 e. The summed E-state index contributed by atoms with van der Waals surface area (Å²) in [5, 5.41) is 11.4. The minimum atomic E-state index is 0.163. The molecule has 3 aromatic carbocycles. The van der Waals surface area contributed by atoms with E-state index in [9.17, 15) is 5.11 Å². The molecule has 7 heteroatoms. The van der Waals surface area contributed by atoms with Crippen LogP contribution in [0, 0.1) is 0 Å². The Kier molecular flexibility index (Phi) is 9.41. The molecule has 228 valence electrons. The molecule has 1 aliphatic heterocycles. The van der Waals surface area contributed by atoms with Gasteiger partial charge in [0.1, 0.15) is 24.2 Å². The van der Waals surface area contributed by atoms with E-state index >= 15 is 0 Å². The van der Waals surface area contributed by atoms with Gasteiger partial charge in [-0.2, -0.15) is 0 Å². The molecule has 2 aliphatic rings. The third kappa shape index (κ3) is 6.95. The van der Waals surface area contributed by atoms with Gasteiger partial charge in [0.05, 0.1) is 7.11 Å². The topological polar surface area (TPSA) is 54.4 Å². The van der Waals surface area contributed by atoms with Gasteiger partial charge in [-0.05, 0) is 142 Å². The molecule has 1 N–H and O–H groups in total. The standard InChI is InChI=1S/C36H44N2O4S/c1-37(2)31-8-4-5-9-32(31)42-33-17-10-25(23-34(33)40-3)22-30-29-16-13-27(39)24-35(29)43-36(30)26-11-14-28(15-12-26)41-21-20-38-18-6-7-19-38/h10-17,23-24,31-32,39H,4-9,18-22H2,1-3H3. The van der Waals surface area contributed by atoms with Crippen molar-refractivity contribution < 1.29 is 19.3 Å². The van der Waals surface area contributed by atoms with Gasteiger partial charge in [0, 0.05) is 22.2 Å². The number of hydrogen-bond acceptors (Lipinski definition) is 7. The summed E-state index contributed by atoms with van der Waals surface area (Å²) in [6.45, 7) is 4.07. The number of aromatic hydroxyl groups is 1. The molecule has 1 saturated heterocycles. The number of phenolic OH excluding ortho intramolecular Hbond substituents is 1. The molecule has 2 heterocycles. The fourth-order valence-electron chi connectivity index (χ4n) is 6.64. The van der Waals surface area contributed by atoms with Gasteiger partial charge < -0.3 is 24.2 Å². The number of rotatable bonds is 11. The lowest BCUT2D eigenvalue weighted by Gasteiger charge is -2.36. The second-order valence-electron chi connectivity index (χ2n) is 12.1. The number of likely N-dealkylation sites (N-methyl/N-ethyl adjacent to an activating group) is 1. The lowest BCUT2D eigenvalue weighted by Crippen LogP contribution is -2.44. The first-order valence-corrected chi connectivity index (χ1v) is 16.5. The first-order chi connectivity index (χ1) is 21.0. The minimum absolute atomic E-state index is 0.163. The summed E-state index contributed by atoms with van der Waals surface area (Å²) >= 11 is 1.72. The van der Waals surface area contributed by atoms with Gasteiger partial charge in [0.15, 0.2) is 11.5 Å². The Morgan fingerprint density at radius 2 is 1.70 bits per heavy atom. The SMILES string of the molecule is COc1cc(Cc2c(-c3ccc(OCCN4CCCC4)cc3)sc3cc(O)ccc23)ccc1OC1CCCCC1N(C)C. The zero-order valence-corrected chi connectivity index (χ0v) is 26.5. The number of fused-ring (bicyclic) bond motifs is 1. The summed E-state index contributed by atoms with van der Waals surface area (Å²) in [4.78, 5) is 5.97. The van der Waals surface area contributed by atoms with Crippen LogP contribution in [-0.4, -0.2) is 74.5 Å². The molecule has 0 radical (unpaired) electrons. The maximum atomic E-state index is 10.2. The van der Waals surface area contributed by atoms with Crippen molar-refractivity contribution in [3.63, 3.8) is 0 Å². The molecule has 1 saturated carbocycles. The minimum Gasteiger partial charge on any atom is -0.508 e. The van der Waals surface area contributed by atoms with Gasteiger partial charge in [-0.3, -0.25) is 4.90 Å². The lowest BCUT2D eigenvalue weighted by atomic mass is 9.91. The highest BCUT2D eigenvalue weighted by Crippen LogP contribution is 2.42. The van der Waals surface area contributed by atoms with Crippen molar-refractivity contribution in [3.8, 4) is 33.4 Å². The molecule has 43 heavy (non-hydrogen) atoms. The van der Waals surface area contributed by atoms with Crippen LogP contribution in [0.3, 0.4) is 0 Å². The summed E-state index contributed by atoms with van der Waals surface area (Å²) in [6.07, 6.45) is 8.18. The van der Waals surface area contributed by atoms with Crippen molar-refractivity contribution in [2.45, 2.75) is 57.1 Å². The molecule has 0 spiro atoms. The number of ether oxygens (including phenoxy) is 3. The molecule has 2 fully saturated rings. The Labute approximate surface area is 259 Å². The zero-order valence-electron chi connectivity index (χ0n) is 25.7. The van der Waals surface area contributed by atoms with E-state index in [1.165, 1.54) is 54.6 Å². The van der Waals surface area contributed by atoms with Crippen LogP contribution in [0.1, 0.15) is 49.7 Å². The molecule has 1 aromatic heterocycles. The molecule has 6 rings (SSSR count). The molecule has 6 nitrogen and oxygen atoms in total. The predicted octanol–water partition coefficient (Wildman–Crippen LogP) is 7.60. The monoisotopic (exact) mass is 600 g/mol. The first-order valence-electron chi connectivity index (χ1n) is 15.7. The summed E-state index contributed by atoms with van der Waals surface area (Å²) in [5.74, 6) is 2.77.